The first kappa shape index (κ1) is 11.5. The second-order valence-corrected chi connectivity index (χ2v) is 5.01. The van der Waals surface area contributed by atoms with Crippen LogP contribution in [0.25, 0.3) is 0 Å². The maximum Gasteiger partial charge on any atom is 0.227 e. The summed E-state index contributed by atoms with van der Waals surface area (Å²) in [5.41, 5.74) is 2.30. The van der Waals surface area contributed by atoms with Crippen LogP contribution >= 0.6 is 11.6 Å². The van der Waals surface area contributed by atoms with Crippen molar-refractivity contribution in [1.82, 2.24) is 4.90 Å². The largest absolute Gasteiger partial charge is 0.341 e. The number of alkyl halides is 1. The van der Waals surface area contributed by atoms with E-state index in [1.807, 2.05) is 36.1 Å². The molecular formula is C13H16ClNO. The van der Waals surface area contributed by atoms with E-state index in [1.165, 1.54) is 5.56 Å². The van der Waals surface area contributed by atoms with E-state index in [0.29, 0.717) is 13.0 Å². The molecule has 2 rings (SSSR count). The molecule has 0 aliphatic carbocycles. The molecule has 1 aromatic rings. The zero-order valence-electron chi connectivity index (χ0n) is 9.45. The Morgan fingerprint density at radius 1 is 1.44 bits per heavy atom. The average Bonchev–Trinajstić information content (AvgIpc) is 2.68. The molecule has 2 nitrogen and oxygen atoms in total. The first-order valence-electron chi connectivity index (χ1n) is 5.62. The van der Waals surface area contributed by atoms with Crippen LogP contribution in [-0.2, 0) is 11.2 Å². The van der Waals surface area contributed by atoms with Crippen LogP contribution < -0.4 is 0 Å². The molecule has 1 aliphatic heterocycles. The highest BCUT2D eigenvalue weighted by atomic mass is 35.5. The smallest absolute Gasteiger partial charge is 0.227 e. The molecule has 1 saturated heterocycles. The molecule has 1 fully saturated rings. The summed E-state index contributed by atoms with van der Waals surface area (Å²) in [4.78, 5) is 13.8. The lowest BCUT2D eigenvalue weighted by atomic mass is 10.1. The van der Waals surface area contributed by atoms with Gasteiger partial charge in [0.15, 0.2) is 0 Å². The fourth-order valence-corrected chi connectivity index (χ4v) is 2.20. The van der Waals surface area contributed by atoms with Crippen LogP contribution in [0.15, 0.2) is 24.3 Å². The van der Waals surface area contributed by atoms with Crippen molar-refractivity contribution < 1.29 is 4.79 Å². The van der Waals surface area contributed by atoms with E-state index in [1.54, 1.807) is 0 Å². The monoisotopic (exact) mass is 237 g/mol. The molecule has 0 radical (unpaired) electrons. The normalized spacial score (nSPS) is 20.1. The fourth-order valence-electron chi connectivity index (χ4n) is 1.94. The first-order chi connectivity index (χ1) is 7.65. The number of hydrogen-bond acceptors (Lipinski definition) is 1. The van der Waals surface area contributed by atoms with E-state index in [4.69, 9.17) is 11.6 Å². The number of likely N-dealkylation sites (tertiary alicyclic amines) is 1. The van der Waals surface area contributed by atoms with Gasteiger partial charge in [0.05, 0.1) is 11.8 Å². The molecule has 86 valence electrons. The van der Waals surface area contributed by atoms with Crippen LogP contribution in [0.3, 0.4) is 0 Å². The summed E-state index contributed by atoms with van der Waals surface area (Å²) >= 11 is 5.98. The lowest BCUT2D eigenvalue weighted by Crippen LogP contribution is -2.30. The minimum Gasteiger partial charge on any atom is -0.341 e. The molecule has 1 aromatic carbocycles. The van der Waals surface area contributed by atoms with E-state index in [2.05, 4.69) is 0 Å². The lowest BCUT2D eigenvalue weighted by Gasteiger charge is -2.15. The van der Waals surface area contributed by atoms with Gasteiger partial charge in [-0.25, -0.2) is 0 Å². The number of aryl methyl sites for hydroxylation is 1. The maximum absolute atomic E-state index is 11.9. The third-order valence-corrected chi connectivity index (χ3v) is 3.32. The zero-order chi connectivity index (χ0) is 11.5. The summed E-state index contributed by atoms with van der Waals surface area (Å²) in [6.07, 6.45) is 1.41. The third-order valence-electron chi connectivity index (χ3n) is 2.96. The van der Waals surface area contributed by atoms with Crippen molar-refractivity contribution in [1.29, 1.82) is 0 Å². The highest BCUT2D eigenvalue weighted by Crippen LogP contribution is 2.16. The number of carbonyl (C=O) groups excluding carboxylic acids is 1. The average molecular weight is 238 g/mol. The topological polar surface area (TPSA) is 20.3 Å². The van der Waals surface area contributed by atoms with Crippen LogP contribution in [0.1, 0.15) is 17.5 Å². The molecule has 0 aromatic heterocycles. The predicted molar refractivity (Wildman–Crippen MR) is 65.7 cm³/mol. The second kappa shape index (κ2) is 4.88. The van der Waals surface area contributed by atoms with Gasteiger partial charge in [-0.05, 0) is 18.9 Å². The number of amides is 1. The Kier molecular flexibility index (Phi) is 3.49. The third kappa shape index (κ3) is 2.76. The molecule has 1 heterocycles. The van der Waals surface area contributed by atoms with Gasteiger partial charge in [-0.3, -0.25) is 4.79 Å². The molecule has 0 saturated carbocycles. The van der Waals surface area contributed by atoms with E-state index in [9.17, 15) is 4.79 Å². The highest BCUT2D eigenvalue weighted by molar-refractivity contribution is 6.21. The molecule has 16 heavy (non-hydrogen) atoms. The van der Waals surface area contributed by atoms with Crippen LogP contribution in [0.4, 0.5) is 0 Å². The Morgan fingerprint density at radius 3 is 2.69 bits per heavy atom. The Labute approximate surface area is 101 Å². The summed E-state index contributed by atoms with van der Waals surface area (Å²) in [6.45, 7) is 3.55. The van der Waals surface area contributed by atoms with Crippen LogP contribution in [0.5, 0.6) is 0 Å². The van der Waals surface area contributed by atoms with Crippen molar-refractivity contribution in [2.75, 3.05) is 13.1 Å². The van der Waals surface area contributed by atoms with Gasteiger partial charge in [0.1, 0.15) is 0 Å². The number of carbonyl (C=O) groups is 1. The van der Waals surface area contributed by atoms with E-state index >= 15 is 0 Å². The van der Waals surface area contributed by atoms with Gasteiger partial charge >= 0.3 is 0 Å². The second-order valence-electron chi connectivity index (χ2n) is 4.39. The summed E-state index contributed by atoms with van der Waals surface area (Å²) in [7, 11) is 0. The molecule has 0 bridgehead atoms. The van der Waals surface area contributed by atoms with E-state index in [0.717, 1.165) is 18.5 Å². The first-order valence-corrected chi connectivity index (χ1v) is 6.06. The van der Waals surface area contributed by atoms with Crippen LogP contribution in [0, 0.1) is 6.92 Å². The molecule has 1 amide bonds. The Hall–Kier alpha value is -1.02. The van der Waals surface area contributed by atoms with Gasteiger partial charge < -0.3 is 4.90 Å². The number of hydrogen-bond donors (Lipinski definition) is 0. The van der Waals surface area contributed by atoms with E-state index < -0.39 is 0 Å². The van der Waals surface area contributed by atoms with Gasteiger partial charge in [0, 0.05) is 13.1 Å². The maximum atomic E-state index is 11.9. The quantitative estimate of drug-likeness (QED) is 0.724. The number of rotatable bonds is 2. The summed E-state index contributed by atoms with van der Waals surface area (Å²) in [6, 6.07) is 8.11. The van der Waals surface area contributed by atoms with Crippen molar-refractivity contribution >= 4 is 17.5 Å². The molecule has 1 atom stereocenters. The predicted octanol–water partition coefficient (Wildman–Crippen LogP) is 2.38. The van der Waals surface area contributed by atoms with Crippen molar-refractivity contribution in [3.05, 3.63) is 35.4 Å². The summed E-state index contributed by atoms with van der Waals surface area (Å²) in [5.74, 6) is 0.187. The fraction of sp³-hybridized carbons (Fsp3) is 0.462. The Morgan fingerprint density at radius 2 is 2.12 bits per heavy atom. The Bertz CT molecular complexity index is 374. The van der Waals surface area contributed by atoms with Gasteiger partial charge in [0.2, 0.25) is 5.91 Å². The Balaban J connectivity index is 1.94. The standard InChI is InChI=1S/C13H16ClNO/c1-10-2-4-11(5-3-10)8-13(16)15-7-6-12(14)9-15/h2-5,12H,6-9H2,1H3. The summed E-state index contributed by atoms with van der Waals surface area (Å²) < 4.78 is 0. The minimum atomic E-state index is 0.141. The molecule has 0 N–H and O–H groups in total. The van der Waals surface area contributed by atoms with Crippen molar-refractivity contribution in [3.8, 4) is 0 Å². The van der Waals surface area contributed by atoms with Crippen molar-refractivity contribution in [2.45, 2.75) is 25.1 Å². The number of benzene rings is 1. The van der Waals surface area contributed by atoms with Gasteiger partial charge in [-0.15, -0.1) is 11.6 Å². The molecule has 1 aliphatic rings. The molecule has 3 heteroatoms. The summed E-state index contributed by atoms with van der Waals surface area (Å²) in [5, 5.41) is 0.141. The van der Waals surface area contributed by atoms with Gasteiger partial charge in [-0.2, -0.15) is 0 Å². The zero-order valence-corrected chi connectivity index (χ0v) is 10.2. The number of halogens is 1. The van der Waals surface area contributed by atoms with Crippen LogP contribution in [-0.4, -0.2) is 29.3 Å². The van der Waals surface area contributed by atoms with Gasteiger partial charge in [0.25, 0.3) is 0 Å². The SMILES string of the molecule is Cc1ccc(CC(=O)N2CCC(Cl)C2)cc1. The van der Waals surface area contributed by atoms with Gasteiger partial charge in [-0.1, -0.05) is 29.8 Å². The van der Waals surface area contributed by atoms with Crippen LogP contribution in [0.2, 0.25) is 0 Å². The number of nitrogens with zero attached hydrogens (tertiary/aromatic N) is 1. The van der Waals surface area contributed by atoms with Crippen molar-refractivity contribution in [3.63, 3.8) is 0 Å². The molecular weight excluding hydrogens is 222 g/mol. The minimum absolute atomic E-state index is 0.141. The lowest BCUT2D eigenvalue weighted by molar-refractivity contribution is -0.129. The highest BCUT2D eigenvalue weighted by Gasteiger charge is 2.24. The molecule has 1 unspecified atom stereocenters. The van der Waals surface area contributed by atoms with E-state index in [-0.39, 0.29) is 11.3 Å². The van der Waals surface area contributed by atoms with Crippen molar-refractivity contribution in [2.24, 2.45) is 0 Å². The molecule has 0 spiro atoms.